The minimum absolute atomic E-state index is 0.148. The molecule has 5 aromatic rings. The molecule has 0 aliphatic carbocycles. The molecule has 0 N–H and O–H groups in total. The first kappa shape index (κ1) is 20.7. The van der Waals surface area contributed by atoms with Crippen LogP contribution in [0.25, 0.3) is 22.4 Å². The van der Waals surface area contributed by atoms with Gasteiger partial charge >= 0.3 is 0 Å². The molecule has 5 rings (SSSR count). The molecule has 0 fully saturated rings. The van der Waals surface area contributed by atoms with Crippen LogP contribution in [0.2, 0.25) is 5.02 Å². The highest BCUT2D eigenvalue weighted by molar-refractivity contribution is 7.98. The first-order valence-electron chi connectivity index (χ1n) is 9.97. The Bertz CT molecular complexity index is 1560. The molecule has 5 nitrogen and oxygen atoms in total. The lowest BCUT2D eigenvalue weighted by atomic mass is 10.1. The molecule has 0 unspecified atom stereocenters. The molecule has 0 saturated heterocycles. The number of halogens is 2. The van der Waals surface area contributed by atoms with Crippen molar-refractivity contribution in [2.24, 2.45) is 0 Å². The van der Waals surface area contributed by atoms with E-state index < -0.39 is 0 Å². The molecule has 0 radical (unpaired) electrons. The van der Waals surface area contributed by atoms with Gasteiger partial charge in [-0.25, -0.2) is 8.96 Å². The first-order chi connectivity index (χ1) is 15.4. The van der Waals surface area contributed by atoms with Crippen molar-refractivity contribution in [1.82, 2.24) is 19.2 Å². The van der Waals surface area contributed by atoms with E-state index in [0.29, 0.717) is 27.1 Å². The topological polar surface area (TPSA) is 52.2 Å². The Morgan fingerprint density at radius 2 is 1.84 bits per heavy atom. The normalized spacial score (nSPS) is 11.5. The first-order valence-corrected chi connectivity index (χ1v) is 11.3. The van der Waals surface area contributed by atoms with Gasteiger partial charge in [-0.15, -0.1) is 10.2 Å². The zero-order chi connectivity index (χ0) is 22.4. The van der Waals surface area contributed by atoms with Crippen LogP contribution in [0.1, 0.15) is 16.7 Å². The minimum Gasteiger partial charge on any atom is -0.268 e. The maximum absolute atomic E-state index is 13.5. The number of para-hydroxylation sites is 1. The van der Waals surface area contributed by atoms with Gasteiger partial charge in [0.1, 0.15) is 5.82 Å². The van der Waals surface area contributed by atoms with Gasteiger partial charge in [0.2, 0.25) is 5.78 Å². The standard InChI is InChI=1S/C24H18ClFN4OS/c1-14-7-10-20(15(2)11-14)29-22(31)18-5-3-4-6-21(18)30-23(29)27-28-24(30)32-13-16-8-9-17(26)12-19(16)25/h3-12H,13H2,1-2H3. The van der Waals surface area contributed by atoms with E-state index >= 15 is 0 Å². The van der Waals surface area contributed by atoms with Crippen molar-refractivity contribution >= 4 is 40.0 Å². The van der Waals surface area contributed by atoms with Crippen LogP contribution in [0.3, 0.4) is 0 Å². The van der Waals surface area contributed by atoms with Crippen LogP contribution in [-0.2, 0) is 5.75 Å². The molecule has 2 heterocycles. The second-order valence-electron chi connectivity index (χ2n) is 7.59. The number of aryl methyl sites for hydroxylation is 2. The summed E-state index contributed by atoms with van der Waals surface area (Å²) in [7, 11) is 0. The summed E-state index contributed by atoms with van der Waals surface area (Å²) in [5.74, 6) is 0.546. The van der Waals surface area contributed by atoms with Crippen molar-refractivity contribution in [3.63, 3.8) is 0 Å². The third kappa shape index (κ3) is 3.47. The zero-order valence-corrected chi connectivity index (χ0v) is 18.9. The fraction of sp³-hybridized carbons (Fsp3) is 0.125. The lowest BCUT2D eigenvalue weighted by molar-refractivity contribution is 0.627. The van der Waals surface area contributed by atoms with E-state index in [1.165, 1.54) is 23.9 Å². The van der Waals surface area contributed by atoms with Crippen LogP contribution < -0.4 is 5.56 Å². The molecule has 2 aromatic heterocycles. The largest absolute Gasteiger partial charge is 0.268 e. The fourth-order valence-corrected chi connectivity index (χ4v) is 5.08. The highest BCUT2D eigenvalue weighted by Crippen LogP contribution is 2.29. The van der Waals surface area contributed by atoms with Crippen LogP contribution >= 0.6 is 23.4 Å². The van der Waals surface area contributed by atoms with Crippen LogP contribution in [-0.4, -0.2) is 19.2 Å². The maximum Gasteiger partial charge on any atom is 0.267 e. The SMILES string of the molecule is Cc1ccc(-n2c(=O)c3ccccc3n3c(SCc4ccc(F)cc4Cl)nnc23)c(C)c1. The van der Waals surface area contributed by atoms with Gasteiger partial charge in [-0.1, -0.05) is 59.3 Å². The molecule has 3 aromatic carbocycles. The number of aromatic nitrogens is 4. The third-order valence-electron chi connectivity index (χ3n) is 5.36. The number of benzene rings is 3. The Morgan fingerprint density at radius 1 is 1.03 bits per heavy atom. The van der Waals surface area contributed by atoms with E-state index in [1.807, 2.05) is 60.7 Å². The molecule has 0 bridgehead atoms. The van der Waals surface area contributed by atoms with Crippen LogP contribution in [0.5, 0.6) is 0 Å². The predicted molar refractivity (Wildman–Crippen MR) is 127 cm³/mol. The molecule has 0 atom stereocenters. The number of fused-ring (bicyclic) bond motifs is 3. The second kappa shape index (κ2) is 8.07. The highest BCUT2D eigenvalue weighted by atomic mass is 35.5. The van der Waals surface area contributed by atoms with E-state index in [4.69, 9.17) is 11.6 Å². The Hall–Kier alpha value is -3.16. The monoisotopic (exact) mass is 464 g/mol. The summed E-state index contributed by atoms with van der Waals surface area (Å²) in [5.41, 5.74) is 4.23. The summed E-state index contributed by atoms with van der Waals surface area (Å²) < 4.78 is 16.9. The lowest BCUT2D eigenvalue weighted by Gasteiger charge is -2.13. The fourth-order valence-electron chi connectivity index (χ4n) is 3.83. The molecule has 0 aliphatic rings. The van der Waals surface area contributed by atoms with E-state index in [0.717, 1.165) is 27.9 Å². The smallest absolute Gasteiger partial charge is 0.267 e. The number of rotatable bonds is 4. The molecule has 160 valence electrons. The summed E-state index contributed by atoms with van der Waals surface area (Å²) >= 11 is 7.63. The van der Waals surface area contributed by atoms with E-state index in [-0.39, 0.29) is 11.4 Å². The van der Waals surface area contributed by atoms with Crippen molar-refractivity contribution < 1.29 is 4.39 Å². The molecular weight excluding hydrogens is 447 g/mol. The van der Waals surface area contributed by atoms with Gasteiger partial charge in [0.05, 0.1) is 16.6 Å². The van der Waals surface area contributed by atoms with Gasteiger partial charge < -0.3 is 0 Å². The molecule has 0 spiro atoms. The number of hydrogen-bond acceptors (Lipinski definition) is 4. The zero-order valence-electron chi connectivity index (χ0n) is 17.3. The lowest BCUT2D eigenvalue weighted by Crippen LogP contribution is -2.22. The van der Waals surface area contributed by atoms with Gasteiger partial charge in [-0.2, -0.15) is 0 Å². The van der Waals surface area contributed by atoms with Crippen LogP contribution in [0.4, 0.5) is 4.39 Å². The summed E-state index contributed by atoms with van der Waals surface area (Å²) in [6.07, 6.45) is 0. The molecule has 0 amide bonds. The number of hydrogen-bond donors (Lipinski definition) is 0. The quantitative estimate of drug-likeness (QED) is 0.318. The Balaban J connectivity index is 1.71. The third-order valence-corrected chi connectivity index (χ3v) is 6.69. The van der Waals surface area contributed by atoms with Gasteiger partial charge in [-0.05, 0) is 55.3 Å². The molecule has 0 aliphatic heterocycles. The highest BCUT2D eigenvalue weighted by Gasteiger charge is 2.19. The van der Waals surface area contributed by atoms with Gasteiger partial charge in [0.25, 0.3) is 5.56 Å². The van der Waals surface area contributed by atoms with Crippen molar-refractivity contribution in [2.45, 2.75) is 24.8 Å². The van der Waals surface area contributed by atoms with Gasteiger partial charge in [-0.3, -0.25) is 9.20 Å². The van der Waals surface area contributed by atoms with E-state index in [2.05, 4.69) is 10.2 Å². The average molecular weight is 465 g/mol. The summed E-state index contributed by atoms with van der Waals surface area (Å²) in [4.78, 5) is 13.5. The molecule has 8 heteroatoms. The van der Waals surface area contributed by atoms with Gasteiger partial charge in [0.15, 0.2) is 5.16 Å². The van der Waals surface area contributed by atoms with Crippen molar-refractivity contribution in [2.75, 3.05) is 0 Å². The van der Waals surface area contributed by atoms with Crippen molar-refractivity contribution in [1.29, 1.82) is 0 Å². The van der Waals surface area contributed by atoms with Crippen molar-refractivity contribution in [3.8, 4) is 5.69 Å². The average Bonchev–Trinajstić information content (AvgIpc) is 3.18. The van der Waals surface area contributed by atoms with Gasteiger partial charge in [0, 0.05) is 10.8 Å². The Morgan fingerprint density at radius 3 is 2.62 bits per heavy atom. The van der Waals surface area contributed by atoms with Crippen molar-refractivity contribution in [3.05, 3.63) is 98.5 Å². The van der Waals surface area contributed by atoms with E-state index in [9.17, 15) is 9.18 Å². The van der Waals surface area contributed by atoms with E-state index in [1.54, 1.807) is 10.6 Å². The number of thioether (sulfide) groups is 1. The molecule has 0 saturated carbocycles. The Kier molecular flexibility index (Phi) is 5.23. The number of nitrogens with zero attached hydrogens (tertiary/aromatic N) is 4. The minimum atomic E-state index is -0.375. The predicted octanol–water partition coefficient (Wildman–Crippen LogP) is 5.74. The summed E-state index contributed by atoms with van der Waals surface area (Å²) in [6.45, 7) is 3.99. The molecular formula is C24H18ClFN4OS. The summed E-state index contributed by atoms with van der Waals surface area (Å²) in [5, 5.41) is 10.3. The summed E-state index contributed by atoms with van der Waals surface area (Å²) in [6, 6.07) is 17.7. The molecule has 32 heavy (non-hydrogen) atoms. The van der Waals surface area contributed by atoms with Crippen LogP contribution in [0.15, 0.2) is 70.6 Å². The van der Waals surface area contributed by atoms with Crippen LogP contribution in [0, 0.1) is 19.7 Å². The Labute approximate surface area is 192 Å². The second-order valence-corrected chi connectivity index (χ2v) is 8.94. The maximum atomic E-state index is 13.5.